The summed E-state index contributed by atoms with van der Waals surface area (Å²) in [5.41, 5.74) is 3.70. The molecule has 1 saturated heterocycles. The van der Waals surface area contributed by atoms with Crippen LogP contribution in [0.5, 0.6) is 5.75 Å². The van der Waals surface area contributed by atoms with Gasteiger partial charge >= 0.3 is 0 Å². The van der Waals surface area contributed by atoms with Crippen LogP contribution in [0, 0.1) is 0 Å². The normalized spacial score (nSPS) is 20.4. The number of nitrogens with one attached hydrogen (secondary N) is 1. The minimum atomic E-state index is -0.0261. The first kappa shape index (κ1) is 19.0. The second-order valence-electron chi connectivity index (χ2n) is 7.89. The highest BCUT2D eigenvalue weighted by Gasteiger charge is 2.29. The lowest BCUT2D eigenvalue weighted by atomic mass is 9.82. The van der Waals surface area contributed by atoms with Crippen molar-refractivity contribution >= 4 is 5.91 Å². The zero-order valence-corrected chi connectivity index (χ0v) is 16.7. The fraction of sp³-hybridized carbons (Fsp3) is 0.458. The Balaban J connectivity index is 1.51. The van der Waals surface area contributed by atoms with E-state index in [9.17, 15) is 4.79 Å². The van der Waals surface area contributed by atoms with E-state index in [4.69, 9.17) is 4.74 Å². The summed E-state index contributed by atoms with van der Waals surface area (Å²) >= 11 is 0. The van der Waals surface area contributed by atoms with E-state index in [0.29, 0.717) is 6.54 Å². The number of carbonyl (C=O) groups excluding carboxylic acids is 1. The van der Waals surface area contributed by atoms with Gasteiger partial charge in [0.05, 0.1) is 19.1 Å². The van der Waals surface area contributed by atoms with Crippen molar-refractivity contribution in [1.82, 2.24) is 10.2 Å². The summed E-state index contributed by atoms with van der Waals surface area (Å²) < 4.78 is 5.62. The molecule has 1 fully saturated rings. The van der Waals surface area contributed by atoms with Gasteiger partial charge in [-0.25, -0.2) is 0 Å². The van der Waals surface area contributed by atoms with Gasteiger partial charge in [0.1, 0.15) is 5.75 Å². The van der Waals surface area contributed by atoms with Crippen LogP contribution in [0.1, 0.15) is 54.3 Å². The molecule has 1 aliphatic heterocycles. The molecule has 0 bridgehead atoms. The van der Waals surface area contributed by atoms with Gasteiger partial charge in [-0.15, -0.1) is 0 Å². The van der Waals surface area contributed by atoms with E-state index in [2.05, 4.69) is 40.5 Å². The van der Waals surface area contributed by atoms with Crippen LogP contribution in [0.2, 0.25) is 0 Å². The Kier molecular flexibility index (Phi) is 5.96. The standard InChI is InChI=1S/C24H30N2O2/c1-28-23-14-5-4-12-21(23)22(26-15-6-7-16-26)17-25-24(27)20-13-8-10-18-9-2-3-11-19(18)20/h2-5,9,11-12,14,20,22H,6-8,10,13,15-17H2,1H3,(H,25,27)/t20-,22-/m0/s1. The van der Waals surface area contributed by atoms with Gasteiger partial charge in [0.15, 0.2) is 0 Å². The molecule has 4 rings (SSSR count). The number of ether oxygens (including phenoxy) is 1. The quantitative estimate of drug-likeness (QED) is 0.824. The number of benzene rings is 2. The summed E-state index contributed by atoms with van der Waals surface area (Å²) in [6.45, 7) is 2.77. The number of rotatable bonds is 6. The van der Waals surface area contributed by atoms with Crippen LogP contribution in [0.15, 0.2) is 48.5 Å². The highest BCUT2D eigenvalue weighted by atomic mass is 16.5. The maximum atomic E-state index is 13.1. The van der Waals surface area contributed by atoms with Crippen molar-refractivity contribution in [3.8, 4) is 5.75 Å². The van der Waals surface area contributed by atoms with Crippen molar-refractivity contribution in [2.75, 3.05) is 26.7 Å². The number of aryl methyl sites for hydroxylation is 1. The molecule has 1 heterocycles. The third-order valence-corrected chi connectivity index (χ3v) is 6.23. The summed E-state index contributed by atoms with van der Waals surface area (Å²) in [4.78, 5) is 15.6. The zero-order chi connectivity index (χ0) is 19.3. The van der Waals surface area contributed by atoms with E-state index < -0.39 is 0 Å². The van der Waals surface area contributed by atoms with Crippen LogP contribution in [-0.2, 0) is 11.2 Å². The summed E-state index contributed by atoms with van der Waals surface area (Å²) in [6.07, 6.45) is 5.53. The predicted molar refractivity (Wildman–Crippen MR) is 112 cm³/mol. The monoisotopic (exact) mass is 378 g/mol. The molecule has 4 nitrogen and oxygen atoms in total. The van der Waals surface area contributed by atoms with Crippen LogP contribution in [0.25, 0.3) is 0 Å². The van der Waals surface area contributed by atoms with Gasteiger partial charge in [-0.05, 0) is 62.4 Å². The number of hydrogen-bond acceptors (Lipinski definition) is 3. The van der Waals surface area contributed by atoms with Gasteiger partial charge in [0, 0.05) is 12.1 Å². The maximum absolute atomic E-state index is 13.1. The second-order valence-corrected chi connectivity index (χ2v) is 7.89. The average Bonchev–Trinajstić information content (AvgIpc) is 3.28. The van der Waals surface area contributed by atoms with Gasteiger partial charge in [0.25, 0.3) is 0 Å². The molecule has 0 radical (unpaired) electrons. The Morgan fingerprint density at radius 2 is 1.86 bits per heavy atom. The number of nitrogens with zero attached hydrogens (tertiary/aromatic N) is 1. The van der Waals surface area contributed by atoms with Crippen molar-refractivity contribution in [1.29, 1.82) is 0 Å². The van der Waals surface area contributed by atoms with Crippen molar-refractivity contribution in [3.63, 3.8) is 0 Å². The largest absolute Gasteiger partial charge is 0.496 e. The highest BCUT2D eigenvalue weighted by molar-refractivity contribution is 5.84. The highest BCUT2D eigenvalue weighted by Crippen LogP contribution is 2.33. The molecule has 2 atom stereocenters. The Morgan fingerprint density at radius 3 is 2.68 bits per heavy atom. The number of methoxy groups -OCH3 is 1. The third kappa shape index (κ3) is 3.93. The molecule has 0 unspecified atom stereocenters. The molecule has 0 spiro atoms. The molecule has 4 heteroatoms. The van der Waals surface area contributed by atoms with E-state index >= 15 is 0 Å². The molecule has 2 aromatic carbocycles. The third-order valence-electron chi connectivity index (χ3n) is 6.23. The van der Waals surface area contributed by atoms with Crippen LogP contribution in [0.3, 0.4) is 0 Å². The lowest BCUT2D eigenvalue weighted by Crippen LogP contribution is -2.39. The molecule has 2 aliphatic rings. The van der Waals surface area contributed by atoms with Crippen molar-refractivity contribution in [2.24, 2.45) is 0 Å². The second kappa shape index (κ2) is 8.78. The van der Waals surface area contributed by atoms with Crippen molar-refractivity contribution in [2.45, 2.75) is 44.1 Å². The lowest BCUT2D eigenvalue weighted by Gasteiger charge is -2.31. The van der Waals surface area contributed by atoms with Gasteiger partial charge in [0.2, 0.25) is 5.91 Å². The van der Waals surface area contributed by atoms with Crippen LogP contribution >= 0.6 is 0 Å². The molecule has 0 saturated carbocycles. The Morgan fingerprint density at radius 1 is 1.11 bits per heavy atom. The first-order chi connectivity index (χ1) is 13.8. The van der Waals surface area contributed by atoms with E-state index in [-0.39, 0.29) is 17.9 Å². The zero-order valence-electron chi connectivity index (χ0n) is 16.7. The van der Waals surface area contributed by atoms with E-state index in [1.54, 1.807) is 7.11 Å². The molecule has 148 valence electrons. The van der Waals surface area contributed by atoms with Crippen molar-refractivity contribution in [3.05, 3.63) is 65.2 Å². The molecule has 1 N–H and O–H groups in total. The number of fused-ring (bicyclic) bond motifs is 1. The molecular formula is C24H30N2O2. The summed E-state index contributed by atoms with van der Waals surface area (Å²) in [7, 11) is 1.72. The average molecular weight is 379 g/mol. The molecular weight excluding hydrogens is 348 g/mol. The number of para-hydroxylation sites is 1. The van der Waals surface area contributed by atoms with E-state index in [1.165, 1.54) is 24.0 Å². The van der Waals surface area contributed by atoms with Crippen LogP contribution < -0.4 is 10.1 Å². The van der Waals surface area contributed by atoms with Crippen LogP contribution in [0.4, 0.5) is 0 Å². The molecule has 1 aliphatic carbocycles. The lowest BCUT2D eigenvalue weighted by molar-refractivity contribution is -0.123. The first-order valence-corrected chi connectivity index (χ1v) is 10.5. The number of carbonyl (C=O) groups is 1. The minimum absolute atomic E-state index is 0.0261. The van der Waals surface area contributed by atoms with Crippen molar-refractivity contribution < 1.29 is 9.53 Å². The number of amides is 1. The first-order valence-electron chi connectivity index (χ1n) is 10.5. The van der Waals surface area contributed by atoms with Gasteiger partial charge in [-0.3, -0.25) is 9.69 Å². The molecule has 2 aromatic rings. The molecule has 1 amide bonds. The fourth-order valence-corrected chi connectivity index (χ4v) is 4.78. The summed E-state index contributed by atoms with van der Waals surface area (Å²) in [5, 5.41) is 3.28. The molecule has 0 aromatic heterocycles. The fourth-order valence-electron chi connectivity index (χ4n) is 4.78. The SMILES string of the molecule is COc1ccccc1[C@H](CNC(=O)[C@H]1CCCc2ccccc21)N1CCCC1. The van der Waals surface area contributed by atoms with Gasteiger partial charge in [-0.1, -0.05) is 42.5 Å². The Bertz CT molecular complexity index is 814. The predicted octanol–water partition coefficient (Wildman–Crippen LogP) is 4.07. The van der Waals surface area contributed by atoms with E-state index in [0.717, 1.165) is 43.7 Å². The van der Waals surface area contributed by atoms with E-state index in [1.807, 2.05) is 18.2 Å². The summed E-state index contributed by atoms with van der Waals surface area (Å²) in [5.74, 6) is 1.03. The maximum Gasteiger partial charge on any atom is 0.227 e. The Labute approximate surface area is 167 Å². The Hall–Kier alpha value is -2.33. The topological polar surface area (TPSA) is 41.6 Å². The van der Waals surface area contributed by atoms with Gasteiger partial charge in [-0.2, -0.15) is 0 Å². The minimum Gasteiger partial charge on any atom is -0.496 e. The number of hydrogen-bond donors (Lipinski definition) is 1. The van der Waals surface area contributed by atoms with Gasteiger partial charge < -0.3 is 10.1 Å². The smallest absolute Gasteiger partial charge is 0.227 e. The number of likely N-dealkylation sites (tertiary alicyclic amines) is 1. The van der Waals surface area contributed by atoms with Crippen LogP contribution in [-0.4, -0.2) is 37.6 Å². The molecule has 28 heavy (non-hydrogen) atoms. The summed E-state index contributed by atoms with van der Waals surface area (Å²) in [6, 6.07) is 16.8.